The highest BCUT2D eigenvalue weighted by atomic mass is 32.2. The third-order valence-electron chi connectivity index (χ3n) is 6.67. The van der Waals surface area contributed by atoms with Crippen LogP contribution in [0.2, 0.25) is 0 Å². The first kappa shape index (κ1) is 37.2. The van der Waals surface area contributed by atoms with Crippen molar-refractivity contribution in [1.82, 2.24) is 0 Å². The van der Waals surface area contributed by atoms with Crippen LogP contribution in [0.1, 0.15) is 38.2 Å². The normalized spacial score (nSPS) is 9.94. The Kier molecular flexibility index (Phi) is 14.9. The van der Waals surface area contributed by atoms with Crippen LogP contribution in [0.5, 0.6) is 5.75 Å². The summed E-state index contributed by atoms with van der Waals surface area (Å²) in [4.78, 5) is 36.9. The predicted molar refractivity (Wildman–Crippen MR) is 197 cm³/mol. The van der Waals surface area contributed by atoms with E-state index in [0.717, 1.165) is 44.2 Å². The summed E-state index contributed by atoms with van der Waals surface area (Å²) in [5.41, 5.74) is 4.39. The molecule has 0 aliphatic carbocycles. The van der Waals surface area contributed by atoms with Crippen molar-refractivity contribution in [1.29, 1.82) is 0 Å². The lowest BCUT2D eigenvalue weighted by Crippen LogP contribution is -2.06. The molecule has 4 rings (SSSR count). The SMILES string of the molecule is C=CC(=O)OCCSc1ccc(C#Cc2ccc(COc3ccc(C#Cc4ccc(SCCOC(=O)C=C)cc4)cc3C(=O)OC)cc2)cc1. The Labute approximate surface area is 301 Å². The first-order valence-electron chi connectivity index (χ1n) is 15.4. The summed E-state index contributed by atoms with van der Waals surface area (Å²) in [7, 11) is 1.33. The Morgan fingerprint density at radius 2 is 1.08 bits per heavy atom. The first-order valence-corrected chi connectivity index (χ1v) is 17.4. The van der Waals surface area contributed by atoms with E-state index in [-0.39, 0.29) is 12.2 Å². The molecule has 252 valence electrons. The zero-order valence-electron chi connectivity index (χ0n) is 27.4. The average molecular weight is 703 g/mol. The van der Waals surface area contributed by atoms with Crippen LogP contribution < -0.4 is 4.74 Å². The maximum Gasteiger partial charge on any atom is 0.341 e. The van der Waals surface area contributed by atoms with Crippen molar-refractivity contribution >= 4 is 41.4 Å². The van der Waals surface area contributed by atoms with E-state index in [1.165, 1.54) is 7.11 Å². The molecule has 50 heavy (non-hydrogen) atoms. The highest BCUT2D eigenvalue weighted by Gasteiger charge is 2.14. The van der Waals surface area contributed by atoms with Crippen LogP contribution in [0.4, 0.5) is 0 Å². The number of ether oxygens (including phenoxy) is 4. The van der Waals surface area contributed by atoms with E-state index >= 15 is 0 Å². The molecule has 4 aromatic carbocycles. The van der Waals surface area contributed by atoms with Crippen molar-refractivity contribution < 1.29 is 33.3 Å². The molecule has 0 heterocycles. The number of carbonyl (C=O) groups is 3. The quantitative estimate of drug-likeness (QED) is 0.0331. The number of thioether (sulfide) groups is 2. The maximum atomic E-state index is 12.6. The van der Waals surface area contributed by atoms with Crippen molar-refractivity contribution in [3.63, 3.8) is 0 Å². The van der Waals surface area contributed by atoms with Gasteiger partial charge in [0.25, 0.3) is 0 Å². The van der Waals surface area contributed by atoms with Gasteiger partial charge in [0.15, 0.2) is 0 Å². The predicted octanol–water partition coefficient (Wildman–Crippen LogP) is 7.49. The zero-order valence-corrected chi connectivity index (χ0v) is 29.1. The van der Waals surface area contributed by atoms with Crippen molar-refractivity contribution in [2.75, 3.05) is 31.8 Å². The molecular formula is C41H34O7S2. The van der Waals surface area contributed by atoms with E-state index in [1.807, 2.05) is 72.8 Å². The van der Waals surface area contributed by atoms with Crippen LogP contribution in [0.3, 0.4) is 0 Å². The van der Waals surface area contributed by atoms with E-state index in [9.17, 15) is 14.4 Å². The van der Waals surface area contributed by atoms with Crippen LogP contribution in [0.25, 0.3) is 0 Å². The number of hydrogen-bond acceptors (Lipinski definition) is 9. The molecule has 0 saturated carbocycles. The number of carbonyl (C=O) groups excluding carboxylic acids is 3. The molecule has 0 amide bonds. The molecule has 7 nitrogen and oxygen atoms in total. The Morgan fingerprint density at radius 1 is 0.640 bits per heavy atom. The minimum Gasteiger partial charge on any atom is -0.488 e. The molecule has 0 aliphatic heterocycles. The van der Waals surface area contributed by atoms with Gasteiger partial charge in [-0.25, -0.2) is 14.4 Å². The lowest BCUT2D eigenvalue weighted by Gasteiger charge is -2.11. The maximum absolute atomic E-state index is 12.6. The summed E-state index contributed by atoms with van der Waals surface area (Å²) >= 11 is 3.17. The Bertz CT molecular complexity index is 1930. The summed E-state index contributed by atoms with van der Waals surface area (Å²) in [6, 6.07) is 28.5. The second-order valence-corrected chi connectivity index (χ2v) is 12.5. The van der Waals surface area contributed by atoms with E-state index in [0.29, 0.717) is 36.0 Å². The van der Waals surface area contributed by atoms with E-state index in [2.05, 4.69) is 36.8 Å². The smallest absolute Gasteiger partial charge is 0.341 e. The molecule has 0 N–H and O–H groups in total. The highest BCUT2D eigenvalue weighted by molar-refractivity contribution is 7.99. The Morgan fingerprint density at radius 3 is 1.54 bits per heavy atom. The Hall–Kier alpha value is -5.61. The number of benzene rings is 4. The van der Waals surface area contributed by atoms with Gasteiger partial charge in [0, 0.05) is 55.7 Å². The molecule has 0 aliphatic rings. The second-order valence-electron chi connectivity index (χ2n) is 10.2. The van der Waals surface area contributed by atoms with Crippen molar-refractivity contribution in [3.8, 4) is 29.4 Å². The fraction of sp³-hybridized carbons (Fsp3) is 0.146. The minimum atomic E-state index is -0.518. The first-order chi connectivity index (χ1) is 24.4. The lowest BCUT2D eigenvalue weighted by molar-refractivity contribution is -0.138. The standard InChI is InChI=1S/C41H34O7S2/c1-4-39(42)46-24-26-49-35-19-14-31(15-20-35)7-6-30-9-12-34(13-10-30)29-48-38-23-18-33(28-37(38)41(44)45-3)11-8-32-16-21-36(22-17-32)50-27-25-47-40(43)5-2/h4-5,9-10,12-23,28H,1-2,24-27,29H2,3H3. The van der Waals surface area contributed by atoms with Gasteiger partial charge in [0.2, 0.25) is 0 Å². The number of methoxy groups -OCH3 is 1. The molecule has 0 saturated heterocycles. The van der Waals surface area contributed by atoms with Gasteiger partial charge < -0.3 is 18.9 Å². The highest BCUT2D eigenvalue weighted by Crippen LogP contribution is 2.23. The molecule has 0 bridgehead atoms. The molecular weight excluding hydrogens is 669 g/mol. The van der Waals surface area contributed by atoms with Gasteiger partial charge in [-0.3, -0.25) is 0 Å². The van der Waals surface area contributed by atoms with Gasteiger partial charge in [-0.15, -0.1) is 23.5 Å². The van der Waals surface area contributed by atoms with Gasteiger partial charge in [-0.2, -0.15) is 0 Å². The van der Waals surface area contributed by atoms with Crippen LogP contribution in [-0.2, 0) is 30.4 Å². The molecule has 0 fully saturated rings. The van der Waals surface area contributed by atoms with E-state index < -0.39 is 17.9 Å². The summed E-state index contributed by atoms with van der Waals surface area (Å²) in [5, 5.41) is 0. The minimum absolute atomic E-state index is 0.246. The summed E-state index contributed by atoms with van der Waals surface area (Å²) < 4.78 is 21.0. The molecule has 9 heteroatoms. The molecule has 0 radical (unpaired) electrons. The molecule has 0 spiro atoms. The van der Waals surface area contributed by atoms with E-state index in [1.54, 1.807) is 41.7 Å². The summed E-state index contributed by atoms with van der Waals surface area (Å²) in [6.07, 6.45) is 2.30. The third kappa shape index (κ3) is 12.4. The molecule has 0 atom stereocenters. The molecule has 4 aromatic rings. The monoisotopic (exact) mass is 702 g/mol. The summed E-state index contributed by atoms with van der Waals surface area (Å²) in [6.45, 7) is 7.63. The number of rotatable bonds is 14. The second kappa shape index (κ2) is 20.0. The van der Waals surface area contributed by atoms with Gasteiger partial charge in [-0.1, -0.05) is 49.0 Å². The lowest BCUT2D eigenvalue weighted by atomic mass is 10.1. The topological polar surface area (TPSA) is 88.1 Å². The van der Waals surface area contributed by atoms with Gasteiger partial charge in [0.1, 0.15) is 31.1 Å². The van der Waals surface area contributed by atoms with Crippen molar-refractivity contribution in [2.45, 2.75) is 16.4 Å². The van der Waals surface area contributed by atoms with Gasteiger partial charge >= 0.3 is 17.9 Å². The average Bonchev–Trinajstić information content (AvgIpc) is 3.16. The molecule has 0 unspecified atom stereocenters. The van der Waals surface area contributed by atoms with E-state index in [4.69, 9.17) is 18.9 Å². The fourth-order valence-corrected chi connectivity index (χ4v) is 5.59. The van der Waals surface area contributed by atoms with Gasteiger partial charge in [0.05, 0.1) is 7.11 Å². The van der Waals surface area contributed by atoms with Gasteiger partial charge in [-0.05, 0) is 84.4 Å². The molecule has 0 aromatic heterocycles. The number of hydrogen-bond donors (Lipinski definition) is 0. The Balaban J connectivity index is 1.30. The van der Waals surface area contributed by atoms with Crippen LogP contribution in [0, 0.1) is 23.7 Å². The van der Waals surface area contributed by atoms with Crippen molar-refractivity contribution in [3.05, 3.63) is 150 Å². The fourth-order valence-electron chi connectivity index (χ4n) is 4.13. The zero-order chi connectivity index (χ0) is 35.6. The summed E-state index contributed by atoms with van der Waals surface area (Å²) in [5.74, 6) is 12.9. The van der Waals surface area contributed by atoms with Crippen LogP contribution >= 0.6 is 23.5 Å². The van der Waals surface area contributed by atoms with Crippen molar-refractivity contribution in [2.24, 2.45) is 0 Å². The number of esters is 3. The third-order valence-corrected chi connectivity index (χ3v) is 8.62. The largest absolute Gasteiger partial charge is 0.488 e. The van der Waals surface area contributed by atoms with Crippen LogP contribution in [-0.4, -0.2) is 49.7 Å². The van der Waals surface area contributed by atoms with Crippen LogP contribution in [0.15, 0.2) is 126 Å².